The molecule has 0 heterocycles. The second kappa shape index (κ2) is 6.45. The zero-order valence-corrected chi connectivity index (χ0v) is 13.4. The molecular weight excluding hydrogens is 286 g/mol. The maximum atomic E-state index is 12.2. The predicted octanol–water partition coefficient (Wildman–Crippen LogP) is 3.17. The molecule has 0 aliphatic heterocycles. The first kappa shape index (κ1) is 15.8. The highest BCUT2D eigenvalue weighted by atomic mass is 32.2. The number of hydrogen-bond donors (Lipinski definition) is 1. The van der Waals surface area contributed by atoms with Crippen LogP contribution in [-0.4, -0.2) is 22.1 Å². The van der Waals surface area contributed by atoms with Gasteiger partial charge in [-0.25, -0.2) is 13.1 Å². The average Bonchev–Trinajstić information content (AvgIpc) is 2.45. The molecule has 0 atom stereocenters. The molecule has 0 amide bonds. The third-order valence-corrected chi connectivity index (χ3v) is 4.80. The van der Waals surface area contributed by atoms with E-state index in [-0.39, 0.29) is 0 Å². The molecule has 0 aliphatic rings. The molecule has 0 saturated heterocycles. The van der Waals surface area contributed by atoms with E-state index in [9.17, 15) is 8.42 Å². The zero-order chi connectivity index (χ0) is 15.5. The van der Waals surface area contributed by atoms with E-state index < -0.39 is 10.0 Å². The monoisotopic (exact) mass is 307 g/mol. The van der Waals surface area contributed by atoms with Crippen LogP contribution in [0.15, 0.2) is 41.3 Å². The Labute approximate surface area is 126 Å². The van der Waals surface area contributed by atoms with Crippen LogP contribution in [0.4, 0.5) is 0 Å². The molecule has 5 heteroatoms. The summed E-state index contributed by atoms with van der Waals surface area (Å²) in [4.78, 5) is 0.295. The molecule has 0 aliphatic carbocycles. The maximum Gasteiger partial charge on any atom is 0.240 e. The summed E-state index contributed by atoms with van der Waals surface area (Å²) in [6.45, 7) is 4.59. The third-order valence-electron chi connectivity index (χ3n) is 3.34. The summed E-state index contributed by atoms with van der Waals surface area (Å²) in [5.41, 5.74) is 0. The molecule has 2 aromatic carbocycles. The minimum Gasteiger partial charge on any atom is -0.497 e. The van der Waals surface area contributed by atoms with Gasteiger partial charge in [-0.2, -0.15) is 0 Å². The second-order valence-electron chi connectivity index (χ2n) is 5.46. The number of methoxy groups -OCH3 is 1. The molecule has 1 N–H and O–H groups in total. The van der Waals surface area contributed by atoms with E-state index in [0.29, 0.717) is 17.4 Å². The van der Waals surface area contributed by atoms with Crippen molar-refractivity contribution in [2.45, 2.75) is 25.2 Å². The molecule has 2 aromatic rings. The summed E-state index contributed by atoms with van der Waals surface area (Å²) >= 11 is 0. The van der Waals surface area contributed by atoms with Crippen molar-refractivity contribution in [3.8, 4) is 5.75 Å². The minimum absolute atomic E-state index is 0.295. The molecule has 0 saturated carbocycles. The fourth-order valence-corrected chi connectivity index (χ4v) is 3.14. The van der Waals surface area contributed by atoms with Crippen LogP contribution in [-0.2, 0) is 10.0 Å². The van der Waals surface area contributed by atoms with Crippen molar-refractivity contribution in [1.29, 1.82) is 0 Å². The Kier molecular flexibility index (Phi) is 4.85. The highest BCUT2D eigenvalue weighted by molar-refractivity contribution is 7.89. The van der Waals surface area contributed by atoms with Gasteiger partial charge in [-0.05, 0) is 47.4 Å². The maximum absolute atomic E-state index is 12.2. The Morgan fingerprint density at radius 2 is 1.76 bits per heavy atom. The Bertz CT molecular complexity index is 723. The van der Waals surface area contributed by atoms with Crippen LogP contribution >= 0.6 is 0 Å². The number of fused-ring (bicyclic) bond motifs is 1. The summed E-state index contributed by atoms with van der Waals surface area (Å²) in [7, 11) is -1.83. The van der Waals surface area contributed by atoms with Crippen molar-refractivity contribution < 1.29 is 13.2 Å². The van der Waals surface area contributed by atoms with Crippen molar-refractivity contribution in [3.63, 3.8) is 0 Å². The van der Waals surface area contributed by atoms with Gasteiger partial charge in [-0.15, -0.1) is 0 Å². The Hall–Kier alpha value is -1.59. The molecule has 0 aromatic heterocycles. The Morgan fingerprint density at radius 3 is 2.43 bits per heavy atom. The lowest BCUT2D eigenvalue weighted by molar-refractivity contribution is 0.415. The van der Waals surface area contributed by atoms with Gasteiger partial charge >= 0.3 is 0 Å². The van der Waals surface area contributed by atoms with Crippen LogP contribution in [0.3, 0.4) is 0 Å². The first-order valence-electron chi connectivity index (χ1n) is 7.00. The number of ether oxygens (including phenoxy) is 1. The first-order valence-corrected chi connectivity index (χ1v) is 8.48. The fourth-order valence-electron chi connectivity index (χ4n) is 2.06. The van der Waals surface area contributed by atoms with E-state index in [0.717, 1.165) is 22.9 Å². The van der Waals surface area contributed by atoms with Gasteiger partial charge in [0.05, 0.1) is 12.0 Å². The lowest BCUT2D eigenvalue weighted by Gasteiger charge is -2.09. The molecule has 0 bridgehead atoms. The topological polar surface area (TPSA) is 55.4 Å². The fraction of sp³-hybridized carbons (Fsp3) is 0.375. The summed E-state index contributed by atoms with van der Waals surface area (Å²) in [6.07, 6.45) is 0.823. The van der Waals surface area contributed by atoms with Crippen molar-refractivity contribution in [2.24, 2.45) is 5.92 Å². The van der Waals surface area contributed by atoms with Crippen LogP contribution < -0.4 is 9.46 Å². The summed E-state index contributed by atoms with van der Waals surface area (Å²) in [5, 5.41) is 1.83. The molecule has 0 radical (unpaired) electrons. The Morgan fingerprint density at radius 1 is 1.10 bits per heavy atom. The summed E-state index contributed by atoms with van der Waals surface area (Å²) < 4.78 is 32.3. The van der Waals surface area contributed by atoms with Gasteiger partial charge in [0.25, 0.3) is 0 Å². The minimum atomic E-state index is -3.44. The summed E-state index contributed by atoms with van der Waals surface area (Å²) in [5.74, 6) is 1.23. The molecule has 0 spiro atoms. The normalized spacial score (nSPS) is 12.0. The molecule has 21 heavy (non-hydrogen) atoms. The SMILES string of the molecule is COc1ccc2cc(S(=O)(=O)NCCC(C)C)ccc2c1. The number of benzene rings is 2. The number of rotatable bonds is 6. The van der Waals surface area contributed by atoms with Crippen molar-refractivity contribution in [2.75, 3.05) is 13.7 Å². The molecule has 4 nitrogen and oxygen atoms in total. The van der Waals surface area contributed by atoms with Crippen molar-refractivity contribution in [3.05, 3.63) is 36.4 Å². The van der Waals surface area contributed by atoms with Crippen LogP contribution in [0.1, 0.15) is 20.3 Å². The van der Waals surface area contributed by atoms with Crippen LogP contribution in [0.5, 0.6) is 5.75 Å². The summed E-state index contributed by atoms with van der Waals surface area (Å²) in [6, 6.07) is 10.7. The van der Waals surface area contributed by atoms with E-state index in [1.54, 1.807) is 25.3 Å². The third kappa shape index (κ3) is 3.95. The zero-order valence-electron chi connectivity index (χ0n) is 12.6. The molecule has 0 fully saturated rings. The van der Waals surface area contributed by atoms with Gasteiger partial charge in [-0.1, -0.05) is 26.0 Å². The average molecular weight is 307 g/mol. The van der Waals surface area contributed by atoms with Gasteiger partial charge in [0, 0.05) is 6.54 Å². The second-order valence-corrected chi connectivity index (χ2v) is 7.22. The van der Waals surface area contributed by atoms with Crippen molar-refractivity contribution >= 4 is 20.8 Å². The van der Waals surface area contributed by atoms with E-state index in [1.165, 1.54) is 0 Å². The Balaban J connectivity index is 2.25. The molecule has 2 rings (SSSR count). The van der Waals surface area contributed by atoms with E-state index >= 15 is 0 Å². The van der Waals surface area contributed by atoms with Crippen LogP contribution in [0, 0.1) is 5.92 Å². The first-order chi connectivity index (χ1) is 9.92. The van der Waals surface area contributed by atoms with Crippen molar-refractivity contribution in [1.82, 2.24) is 4.72 Å². The van der Waals surface area contributed by atoms with Crippen LogP contribution in [0.2, 0.25) is 0 Å². The molecule has 114 valence electrons. The van der Waals surface area contributed by atoms with Crippen LogP contribution in [0.25, 0.3) is 10.8 Å². The standard InChI is InChI=1S/C16H21NO3S/c1-12(2)8-9-17-21(18,19)16-7-5-13-10-15(20-3)6-4-14(13)11-16/h4-7,10-12,17H,8-9H2,1-3H3. The smallest absolute Gasteiger partial charge is 0.240 e. The predicted molar refractivity (Wildman–Crippen MR) is 85.1 cm³/mol. The molecule has 0 unspecified atom stereocenters. The van der Waals surface area contributed by atoms with Gasteiger partial charge < -0.3 is 4.74 Å². The molecular formula is C16H21NO3S. The van der Waals surface area contributed by atoms with E-state index in [1.807, 2.05) is 18.2 Å². The number of hydrogen-bond acceptors (Lipinski definition) is 3. The highest BCUT2D eigenvalue weighted by Crippen LogP contribution is 2.23. The largest absolute Gasteiger partial charge is 0.497 e. The van der Waals surface area contributed by atoms with Gasteiger partial charge in [-0.3, -0.25) is 0 Å². The number of sulfonamides is 1. The van der Waals surface area contributed by atoms with Gasteiger partial charge in [0.2, 0.25) is 10.0 Å². The van der Waals surface area contributed by atoms with Gasteiger partial charge in [0.15, 0.2) is 0 Å². The van der Waals surface area contributed by atoms with Gasteiger partial charge in [0.1, 0.15) is 5.75 Å². The number of nitrogens with one attached hydrogen (secondary N) is 1. The van der Waals surface area contributed by atoms with E-state index in [2.05, 4.69) is 18.6 Å². The lowest BCUT2D eigenvalue weighted by Crippen LogP contribution is -2.25. The lowest BCUT2D eigenvalue weighted by atomic mass is 10.1. The highest BCUT2D eigenvalue weighted by Gasteiger charge is 2.14. The quantitative estimate of drug-likeness (QED) is 0.892. The van der Waals surface area contributed by atoms with E-state index in [4.69, 9.17) is 4.74 Å².